The monoisotopic (exact) mass is 489 g/mol. The molecule has 0 fully saturated rings. The number of fused-ring (bicyclic) bond motifs is 4. The molecule has 0 bridgehead atoms. The van der Waals surface area contributed by atoms with Gasteiger partial charge in [0.25, 0.3) is 11.5 Å². The van der Waals surface area contributed by atoms with E-state index in [0.29, 0.717) is 45.7 Å². The molecule has 9 nitrogen and oxygen atoms in total. The number of nitrogens with one attached hydrogen (secondary N) is 2. The molecular weight excluding hydrogens is 470 g/mol. The highest BCUT2D eigenvalue weighted by Gasteiger charge is 2.17. The first-order valence-electron chi connectivity index (χ1n) is 11.4. The summed E-state index contributed by atoms with van der Waals surface area (Å²) >= 11 is 0. The molecule has 3 aromatic heterocycles. The van der Waals surface area contributed by atoms with E-state index in [1.807, 2.05) is 54.6 Å². The SMILES string of the molecule is NC(=O)C#Cc1c[nH]c(=O)c2c1nc(NCc1ccccn1)c1ccc(-c3ccc4c(c3)OCO4)cc12. The number of anilines is 1. The van der Waals surface area contributed by atoms with Gasteiger partial charge in [-0.15, -0.1) is 0 Å². The van der Waals surface area contributed by atoms with Crippen molar-refractivity contribution >= 4 is 33.4 Å². The fourth-order valence-corrected chi connectivity index (χ4v) is 4.31. The van der Waals surface area contributed by atoms with E-state index in [9.17, 15) is 9.59 Å². The highest BCUT2D eigenvalue weighted by molar-refractivity contribution is 6.12. The van der Waals surface area contributed by atoms with E-state index in [1.165, 1.54) is 6.20 Å². The molecule has 0 unspecified atom stereocenters. The van der Waals surface area contributed by atoms with E-state index in [2.05, 4.69) is 27.1 Å². The number of benzene rings is 2. The summed E-state index contributed by atoms with van der Waals surface area (Å²) < 4.78 is 11.0. The van der Waals surface area contributed by atoms with E-state index < -0.39 is 5.91 Å². The predicted molar refractivity (Wildman–Crippen MR) is 139 cm³/mol. The molecule has 6 rings (SSSR count). The summed E-state index contributed by atoms with van der Waals surface area (Å²) in [5.41, 5.74) is 8.25. The predicted octanol–water partition coefficient (Wildman–Crippen LogP) is 3.32. The maximum Gasteiger partial charge on any atom is 0.293 e. The van der Waals surface area contributed by atoms with Gasteiger partial charge >= 0.3 is 0 Å². The third-order valence-electron chi connectivity index (χ3n) is 6.02. The standard InChI is InChI=1S/C28H19N5O4/c29-24(34)9-6-18-13-32-28(35)25-21-11-16(17-5-8-22-23(12-17)37-15-36-22)4-7-20(21)27(33-26(18)25)31-14-19-3-1-2-10-30-19/h1-5,7-8,10-13H,14-15H2,(H2,29,34)(H,31,33)(H,32,35). The molecule has 0 radical (unpaired) electrons. The minimum absolute atomic E-state index is 0.183. The lowest BCUT2D eigenvalue weighted by Gasteiger charge is -2.13. The second kappa shape index (κ2) is 9.02. The van der Waals surface area contributed by atoms with Crippen molar-refractivity contribution in [2.24, 2.45) is 5.73 Å². The molecule has 1 aliphatic heterocycles. The summed E-state index contributed by atoms with van der Waals surface area (Å²) in [5, 5.41) is 5.12. The van der Waals surface area contributed by atoms with E-state index in [1.54, 1.807) is 6.20 Å². The summed E-state index contributed by atoms with van der Waals surface area (Å²) in [6, 6.07) is 17.2. The molecule has 4 heterocycles. The number of primary amides is 1. The Morgan fingerprint density at radius 2 is 1.89 bits per heavy atom. The number of hydrogen-bond donors (Lipinski definition) is 3. The van der Waals surface area contributed by atoms with Crippen LogP contribution in [0.4, 0.5) is 5.82 Å². The van der Waals surface area contributed by atoms with Gasteiger partial charge in [0, 0.05) is 29.1 Å². The Morgan fingerprint density at radius 3 is 2.73 bits per heavy atom. The van der Waals surface area contributed by atoms with Crippen LogP contribution < -0.4 is 26.1 Å². The van der Waals surface area contributed by atoms with Crippen molar-refractivity contribution in [3.05, 3.63) is 88.6 Å². The van der Waals surface area contributed by atoms with E-state index in [-0.39, 0.29) is 12.4 Å². The molecule has 0 atom stereocenters. The number of nitrogens with zero attached hydrogens (tertiary/aromatic N) is 2. The fourth-order valence-electron chi connectivity index (χ4n) is 4.31. The van der Waals surface area contributed by atoms with E-state index in [0.717, 1.165) is 22.2 Å². The van der Waals surface area contributed by atoms with E-state index >= 15 is 0 Å². The maximum absolute atomic E-state index is 13.1. The van der Waals surface area contributed by atoms with Crippen LogP contribution in [0, 0.1) is 11.8 Å². The minimum Gasteiger partial charge on any atom is -0.454 e. The van der Waals surface area contributed by atoms with Crippen molar-refractivity contribution in [2.45, 2.75) is 6.54 Å². The lowest BCUT2D eigenvalue weighted by atomic mass is 9.98. The molecule has 0 saturated heterocycles. The van der Waals surface area contributed by atoms with Gasteiger partial charge in [-0.1, -0.05) is 30.2 Å². The van der Waals surface area contributed by atoms with Gasteiger partial charge < -0.3 is 25.5 Å². The molecular formula is C28H19N5O4. The molecule has 4 N–H and O–H groups in total. The Balaban J connectivity index is 1.57. The summed E-state index contributed by atoms with van der Waals surface area (Å²) in [5.74, 6) is 6.19. The summed E-state index contributed by atoms with van der Waals surface area (Å²) in [4.78, 5) is 36.2. The first kappa shape index (κ1) is 22.1. The Morgan fingerprint density at radius 1 is 1.05 bits per heavy atom. The minimum atomic E-state index is -0.779. The molecule has 0 aliphatic carbocycles. The third kappa shape index (κ3) is 4.17. The Labute approximate surface area is 210 Å². The van der Waals surface area contributed by atoms with Crippen LogP contribution in [0.2, 0.25) is 0 Å². The number of amides is 1. The zero-order valence-corrected chi connectivity index (χ0v) is 19.4. The second-order valence-electron chi connectivity index (χ2n) is 8.33. The number of carbonyl (C=O) groups is 1. The van der Waals surface area contributed by atoms with E-state index in [4.69, 9.17) is 20.2 Å². The van der Waals surface area contributed by atoms with Crippen LogP contribution in [0.25, 0.3) is 32.8 Å². The zero-order valence-electron chi connectivity index (χ0n) is 19.4. The normalized spacial score (nSPS) is 11.8. The maximum atomic E-state index is 13.1. The van der Waals surface area contributed by atoms with Crippen LogP contribution in [-0.2, 0) is 11.3 Å². The number of aromatic nitrogens is 3. The van der Waals surface area contributed by atoms with Crippen LogP contribution in [-0.4, -0.2) is 27.7 Å². The van der Waals surface area contributed by atoms with Gasteiger partial charge in [0.05, 0.1) is 28.7 Å². The summed E-state index contributed by atoms with van der Waals surface area (Å²) in [6.45, 7) is 0.604. The largest absolute Gasteiger partial charge is 0.454 e. The Bertz CT molecular complexity index is 1820. The number of rotatable bonds is 4. The van der Waals surface area contributed by atoms with Crippen molar-refractivity contribution in [1.29, 1.82) is 0 Å². The van der Waals surface area contributed by atoms with Crippen molar-refractivity contribution in [1.82, 2.24) is 15.0 Å². The molecule has 37 heavy (non-hydrogen) atoms. The van der Waals surface area contributed by atoms with Gasteiger partial charge in [-0.05, 0) is 41.5 Å². The fraction of sp³-hybridized carbons (Fsp3) is 0.0714. The number of H-pyrrole nitrogens is 1. The van der Waals surface area contributed by atoms with Gasteiger partial charge in [0.1, 0.15) is 5.82 Å². The summed E-state index contributed by atoms with van der Waals surface area (Å²) in [7, 11) is 0. The Hall–Kier alpha value is -5.36. The first-order valence-corrected chi connectivity index (χ1v) is 11.4. The second-order valence-corrected chi connectivity index (χ2v) is 8.33. The van der Waals surface area contributed by atoms with Gasteiger partial charge in [0.15, 0.2) is 11.5 Å². The average molecular weight is 489 g/mol. The van der Waals surface area contributed by atoms with Crippen LogP contribution >= 0.6 is 0 Å². The van der Waals surface area contributed by atoms with Gasteiger partial charge in [-0.2, -0.15) is 0 Å². The molecule has 0 spiro atoms. The number of pyridine rings is 3. The Kier molecular flexibility index (Phi) is 5.39. The van der Waals surface area contributed by atoms with Crippen molar-refractivity contribution < 1.29 is 14.3 Å². The number of ether oxygens (including phenoxy) is 2. The van der Waals surface area contributed by atoms with Crippen LogP contribution in [0.15, 0.2) is 71.8 Å². The van der Waals surface area contributed by atoms with Crippen molar-refractivity contribution in [3.8, 4) is 34.5 Å². The summed E-state index contributed by atoms with van der Waals surface area (Å²) in [6.07, 6.45) is 3.15. The number of hydrogen-bond acceptors (Lipinski definition) is 7. The highest BCUT2D eigenvalue weighted by atomic mass is 16.7. The van der Waals surface area contributed by atoms with Gasteiger partial charge in [0.2, 0.25) is 6.79 Å². The molecule has 0 saturated carbocycles. The molecule has 2 aromatic carbocycles. The number of carbonyl (C=O) groups excluding carboxylic acids is 1. The van der Waals surface area contributed by atoms with Gasteiger partial charge in [-0.25, -0.2) is 4.98 Å². The lowest BCUT2D eigenvalue weighted by Crippen LogP contribution is -2.11. The molecule has 9 heteroatoms. The first-order chi connectivity index (χ1) is 18.1. The zero-order chi connectivity index (χ0) is 25.4. The third-order valence-corrected chi connectivity index (χ3v) is 6.02. The number of aromatic amines is 1. The lowest BCUT2D eigenvalue weighted by molar-refractivity contribution is -0.112. The molecule has 1 aliphatic rings. The van der Waals surface area contributed by atoms with Crippen LogP contribution in [0.3, 0.4) is 0 Å². The molecule has 1 amide bonds. The van der Waals surface area contributed by atoms with Crippen LogP contribution in [0.1, 0.15) is 11.3 Å². The topological polar surface area (TPSA) is 132 Å². The van der Waals surface area contributed by atoms with Crippen LogP contribution in [0.5, 0.6) is 11.5 Å². The molecule has 5 aromatic rings. The smallest absolute Gasteiger partial charge is 0.293 e. The average Bonchev–Trinajstić information content (AvgIpc) is 3.39. The van der Waals surface area contributed by atoms with Gasteiger partial charge in [-0.3, -0.25) is 14.6 Å². The highest BCUT2D eigenvalue weighted by Crippen LogP contribution is 2.38. The quantitative estimate of drug-likeness (QED) is 0.261. The number of nitrogens with two attached hydrogens (primary N) is 1. The molecule has 180 valence electrons. The van der Waals surface area contributed by atoms with Crippen molar-refractivity contribution in [3.63, 3.8) is 0 Å². The van der Waals surface area contributed by atoms with Crippen molar-refractivity contribution in [2.75, 3.05) is 12.1 Å².